The van der Waals surface area contributed by atoms with Gasteiger partial charge in [-0.25, -0.2) is 0 Å². The van der Waals surface area contributed by atoms with Gasteiger partial charge in [-0.2, -0.15) is 0 Å². The van der Waals surface area contributed by atoms with Gasteiger partial charge in [0.15, 0.2) is 0 Å². The number of carbonyl (C=O) groups is 2. The van der Waals surface area contributed by atoms with Gasteiger partial charge in [0.2, 0.25) is 5.91 Å². The van der Waals surface area contributed by atoms with Gasteiger partial charge in [0.25, 0.3) is 7.82 Å². The van der Waals surface area contributed by atoms with Crippen LogP contribution in [0.15, 0.2) is 48.6 Å². The van der Waals surface area contributed by atoms with Gasteiger partial charge in [-0.3, -0.25) is 14.2 Å². The number of esters is 1. The zero-order chi connectivity index (χ0) is 59.3. The molecule has 0 fully saturated rings. The maximum Gasteiger partial charge on any atom is 0.306 e. The number of nitrogens with zero attached hydrogens (tertiary/aromatic N) is 1. The highest BCUT2D eigenvalue weighted by Crippen LogP contribution is 2.38. The van der Waals surface area contributed by atoms with Crippen LogP contribution in [0.3, 0.4) is 0 Å². The number of rotatable bonds is 64. The van der Waals surface area contributed by atoms with Crippen LogP contribution in [0.4, 0.5) is 0 Å². The SMILES string of the molecule is CCCCC/C=C\C/C=C\C/C=C\CCCCCCCCCCCCC(=O)NC(COP(=O)([O-])OCC[N+](C)(C)C)C(/C=C/CCCCCCCCCCC)OC(=O)CCCCCCCCCCCCCCCCCCCCCCC. The quantitative estimate of drug-likeness (QED) is 0.0212. The minimum absolute atomic E-state index is 0.0216. The molecule has 0 rings (SSSR count). The third-order valence-corrected chi connectivity index (χ3v) is 16.7. The molecule has 0 aliphatic rings. The standard InChI is InChI=1S/C71H135N2O7P/c1-7-10-13-16-19-22-25-27-29-31-33-35-36-38-39-41-43-45-48-51-54-57-60-63-70(74)72-68(67-79-81(76,77)78-66-65-73(4,5)6)69(62-59-56-53-50-47-24-21-18-15-12-9-3)80-71(75)64-61-58-55-52-49-46-44-42-40-37-34-32-30-28-26-23-20-17-14-11-8-2/h19,22,27,29,33,35,59,62,68-69H,7-18,20-21,23-26,28,30-32,34,36-58,60-61,63-67H2,1-6H3,(H-,72,74,76,77)/b22-19-,29-27-,35-33-,62-59+. The molecular formula is C71H135N2O7P. The molecule has 3 atom stereocenters. The summed E-state index contributed by atoms with van der Waals surface area (Å²) < 4.78 is 30.4. The number of allylic oxidation sites excluding steroid dienone is 7. The molecule has 3 unspecified atom stereocenters. The van der Waals surface area contributed by atoms with Crippen LogP contribution in [-0.2, 0) is 27.9 Å². The summed E-state index contributed by atoms with van der Waals surface area (Å²) in [5, 5.41) is 3.04. The molecule has 0 bridgehead atoms. The zero-order valence-electron chi connectivity index (χ0n) is 54.5. The van der Waals surface area contributed by atoms with Crippen molar-refractivity contribution in [2.75, 3.05) is 40.9 Å². The number of phosphoric acid groups is 1. The molecule has 0 saturated heterocycles. The highest BCUT2D eigenvalue weighted by molar-refractivity contribution is 7.45. The number of hydrogen-bond donors (Lipinski definition) is 1. The van der Waals surface area contributed by atoms with Crippen molar-refractivity contribution in [2.24, 2.45) is 0 Å². The normalized spacial score (nSPS) is 13.8. The van der Waals surface area contributed by atoms with E-state index in [2.05, 4.69) is 62.5 Å². The molecule has 0 aromatic carbocycles. The number of phosphoric ester groups is 1. The summed E-state index contributed by atoms with van der Waals surface area (Å²) in [5.41, 5.74) is 0. The van der Waals surface area contributed by atoms with Crippen LogP contribution in [0.2, 0.25) is 0 Å². The van der Waals surface area contributed by atoms with Crippen molar-refractivity contribution < 1.29 is 37.3 Å². The van der Waals surface area contributed by atoms with Crippen molar-refractivity contribution in [1.29, 1.82) is 0 Å². The third-order valence-electron chi connectivity index (χ3n) is 15.8. The lowest BCUT2D eigenvalue weighted by molar-refractivity contribution is -0.870. The number of unbranched alkanes of at least 4 members (excludes halogenated alkanes) is 42. The highest BCUT2D eigenvalue weighted by Gasteiger charge is 2.27. The van der Waals surface area contributed by atoms with Crippen LogP contribution in [0.5, 0.6) is 0 Å². The molecule has 476 valence electrons. The van der Waals surface area contributed by atoms with E-state index in [9.17, 15) is 19.0 Å². The molecular weight excluding hydrogens is 1020 g/mol. The lowest BCUT2D eigenvalue weighted by Gasteiger charge is -2.30. The van der Waals surface area contributed by atoms with Crippen LogP contribution < -0.4 is 10.2 Å². The molecule has 0 aliphatic heterocycles. The summed E-state index contributed by atoms with van der Waals surface area (Å²) in [4.78, 5) is 40.1. The molecule has 0 aromatic rings. The minimum atomic E-state index is -4.70. The fraction of sp³-hybridized carbons (Fsp3) is 0.859. The average Bonchev–Trinajstić information content (AvgIpc) is 3.43. The van der Waals surface area contributed by atoms with Gasteiger partial charge >= 0.3 is 5.97 Å². The predicted octanol–water partition coefficient (Wildman–Crippen LogP) is 21.4. The Kier molecular flexibility index (Phi) is 59.5. The molecule has 1 N–H and O–H groups in total. The number of ether oxygens (including phenoxy) is 1. The first-order valence-corrected chi connectivity index (χ1v) is 36.4. The molecule has 0 radical (unpaired) electrons. The molecule has 81 heavy (non-hydrogen) atoms. The topological polar surface area (TPSA) is 114 Å². The monoisotopic (exact) mass is 1160 g/mol. The molecule has 0 spiro atoms. The van der Waals surface area contributed by atoms with Crippen LogP contribution >= 0.6 is 7.82 Å². The second kappa shape index (κ2) is 61.1. The van der Waals surface area contributed by atoms with E-state index in [0.717, 1.165) is 77.0 Å². The summed E-state index contributed by atoms with van der Waals surface area (Å²) in [5.74, 6) is -0.530. The average molecular weight is 1160 g/mol. The Balaban J connectivity index is 5.04. The first kappa shape index (κ1) is 79.0. The molecule has 10 heteroatoms. The lowest BCUT2D eigenvalue weighted by Crippen LogP contribution is -2.47. The fourth-order valence-corrected chi connectivity index (χ4v) is 11.1. The number of carbonyl (C=O) groups excluding carboxylic acids is 2. The van der Waals surface area contributed by atoms with Gasteiger partial charge in [-0.15, -0.1) is 0 Å². The van der Waals surface area contributed by atoms with Crippen molar-refractivity contribution in [3.05, 3.63) is 48.6 Å². The Labute approximate surface area is 503 Å². The van der Waals surface area contributed by atoms with Crippen LogP contribution in [0, 0.1) is 0 Å². The summed E-state index contributed by atoms with van der Waals surface area (Å²) >= 11 is 0. The summed E-state index contributed by atoms with van der Waals surface area (Å²) in [6.07, 6.45) is 76.6. The van der Waals surface area contributed by atoms with Gasteiger partial charge in [0.05, 0.1) is 33.8 Å². The number of likely N-dealkylation sites (N-methyl/N-ethyl adjacent to an activating group) is 1. The Bertz CT molecular complexity index is 1520. The Hall–Kier alpha value is -2.03. The van der Waals surface area contributed by atoms with Crippen molar-refractivity contribution in [1.82, 2.24) is 5.32 Å². The predicted molar refractivity (Wildman–Crippen MR) is 349 cm³/mol. The first-order chi connectivity index (χ1) is 39.4. The summed E-state index contributed by atoms with van der Waals surface area (Å²) in [7, 11) is 1.19. The first-order valence-electron chi connectivity index (χ1n) is 34.9. The van der Waals surface area contributed by atoms with E-state index < -0.39 is 20.0 Å². The second-order valence-corrected chi connectivity index (χ2v) is 26.5. The van der Waals surface area contributed by atoms with Gasteiger partial charge in [-0.1, -0.05) is 307 Å². The van der Waals surface area contributed by atoms with Crippen LogP contribution in [0.1, 0.15) is 342 Å². The third kappa shape index (κ3) is 62.3. The summed E-state index contributed by atoms with van der Waals surface area (Å²) in [6, 6.07) is -0.889. The van der Waals surface area contributed by atoms with Crippen molar-refractivity contribution >= 4 is 19.7 Å². The van der Waals surface area contributed by atoms with E-state index in [-0.39, 0.29) is 31.5 Å². The molecule has 0 aliphatic carbocycles. The molecule has 0 saturated carbocycles. The van der Waals surface area contributed by atoms with E-state index in [1.807, 2.05) is 33.3 Å². The largest absolute Gasteiger partial charge is 0.756 e. The highest BCUT2D eigenvalue weighted by atomic mass is 31.2. The molecule has 0 heterocycles. The van der Waals surface area contributed by atoms with E-state index >= 15 is 0 Å². The van der Waals surface area contributed by atoms with Gasteiger partial charge in [0, 0.05) is 12.8 Å². The second-order valence-electron chi connectivity index (χ2n) is 25.0. The number of hydrogen-bond acceptors (Lipinski definition) is 7. The van der Waals surface area contributed by atoms with E-state index in [1.165, 1.54) is 231 Å². The van der Waals surface area contributed by atoms with E-state index in [0.29, 0.717) is 17.4 Å². The Morgan fingerprint density at radius 3 is 1.15 bits per heavy atom. The maximum atomic E-state index is 13.6. The van der Waals surface area contributed by atoms with Gasteiger partial charge < -0.3 is 28.5 Å². The Morgan fingerprint density at radius 1 is 0.432 bits per heavy atom. The van der Waals surface area contributed by atoms with E-state index in [4.69, 9.17) is 13.8 Å². The van der Waals surface area contributed by atoms with Crippen molar-refractivity contribution in [3.8, 4) is 0 Å². The molecule has 1 amide bonds. The molecule has 9 nitrogen and oxygen atoms in total. The smallest absolute Gasteiger partial charge is 0.306 e. The van der Waals surface area contributed by atoms with Crippen LogP contribution in [-0.4, -0.2) is 69.4 Å². The number of amides is 1. The fourth-order valence-electron chi connectivity index (χ4n) is 10.4. The van der Waals surface area contributed by atoms with E-state index in [1.54, 1.807) is 0 Å². The van der Waals surface area contributed by atoms with Gasteiger partial charge in [0.1, 0.15) is 19.3 Å². The van der Waals surface area contributed by atoms with Crippen molar-refractivity contribution in [2.45, 2.75) is 354 Å². The number of nitrogens with one attached hydrogen (secondary N) is 1. The maximum absolute atomic E-state index is 13.6. The minimum Gasteiger partial charge on any atom is -0.756 e. The zero-order valence-corrected chi connectivity index (χ0v) is 55.4. The Morgan fingerprint density at radius 2 is 0.753 bits per heavy atom. The number of quaternary nitrogens is 1. The van der Waals surface area contributed by atoms with Gasteiger partial charge in [-0.05, 0) is 70.3 Å². The molecule has 0 aromatic heterocycles. The lowest BCUT2D eigenvalue weighted by atomic mass is 10.0. The van der Waals surface area contributed by atoms with Crippen molar-refractivity contribution in [3.63, 3.8) is 0 Å². The van der Waals surface area contributed by atoms with Crippen LogP contribution in [0.25, 0.3) is 0 Å². The summed E-state index contributed by atoms with van der Waals surface area (Å²) in [6.45, 7) is 6.86.